The molecule has 0 aliphatic heterocycles. The number of amides is 2. The maximum atomic E-state index is 14.5. The average Bonchev–Trinajstić information content (AvgIpc) is 2.83. The van der Waals surface area contributed by atoms with Gasteiger partial charge in [0.2, 0.25) is 5.91 Å². The summed E-state index contributed by atoms with van der Waals surface area (Å²) in [5, 5.41) is 2.64. The van der Waals surface area contributed by atoms with Crippen LogP contribution in [0.15, 0.2) is 72.8 Å². The monoisotopic (exact) mass is 448 g/mol. The molecule has 0 aromatic heterocycles. The van der Waals surface area contributed by atoms with Crippen molar-refractivity contribution in [3.8, 4) is 5.75 Å². The van der Waals surface area contributed by atoms with Crippen molar-refractivity contribution in [2.45, 2.75) is 32.9 Å². The Kier molecular flexibility index (Phi) is 8.19. The zero-order valence-corrected chi connectivity index (χ0v) is 19.2. The van der Waals surface area contributed by atoms with Gasteiger partial charge in [0.1, 0.15) is 17.6 Å². The fourth-order valence-electron chi connectivity index (χ4n) is 3.62. The standard InChI is InChI=1S/C27H29FN2O3/c1-19-13-14-20(2)25(15-19)33-18-26(31)30(17-22-11-7-8-12-23(22)28)24(27(32)29-3)16-21-9-5-4-6-10-21/h4-15,24H,16-18H2,1-3H3,(H,29,32). The van der Waals surface area contributed by atoms with Crippen LogP contribution >= 0.6 is 0 Å². The molecule has 1 atom stereocenters. The minimum absolute atomic E-state index is 0.0490. The number of hydrogen-bond donors (Lipinski definition) is 1. The van der Waals surface area contributed by atoms with Gasteiger partial charge in [-0.3, -0.25) is 9.59 Å². The summed E-state index contributed by atoms with van der Waals surface area (Å²) in [6.07, 6.45) is 0.296. The molecule has 2 amide bonds. The Labute approximate surface area is 194 Å². The highest BCUT2D eigenvalue weighted by molar-refractivity contribution is 5.88. The predicted octanol–water partition coefficient (Wildman–Crippen LogP) is 4.21. The highest BCUT2D eigenvalue weighted by Gasteiger charge is 2.30. The van der Waals surface area contributed by atoms with E-state index in [2.05, 4.69) is 5.32 Å². The normalized spacial score (nSPS) is 11.5. The van der Waals surface area contributed by atoms with Crippen LogP contribution in [0.4, 0.5) is 4.39 Å². The van der Waals surface area contributed by atoms with Gasteiger partial charge in [0.15, 0.2) is 6.61 Å². The number of aryl methyl sites for hydroxylation is 2. The van der Waals surface area contributed by atoms with E-state index >= 15 is 0 Å². The van der Waals surface area contributed by atoms with Crippen molar-refractivity contribution in [3.63, 3.8) is 0 Å². The first-order chi connectivity index (χ1) is 15.9. The molecule has 0 bridgehead atoms. The van der Waals surface area contributed by atoms with Gasteiger partial charge in [0, 0.05) is 25.6 Å². The summed E-state index contributed by atoms with van der Waals surface area (Å²) in [7, 11) is 1.53. The third-order valence-corrected chi connectivity index (χ3v) is 5.51. The summed E-state index contributed by atoms with van der Waals surface area (Å²) >= 11 is 0. The zero-order valence-electron chi connectivity index (χ0n) is 19.2. The van der Waals surface area contributed by atoms with Crippen LogP contribution in [-0.4, -0.2) is 36.4 Å². The maximum Gasteiger partial charge on any atom is 0.261 e. The first-order valence-electron chi connectivity index (χ1n) is 10.9. The topological polar surface area (TPSA) is 58.6 Å². The van der Waals surface area contributed by atoms with Crippen LogP contribution in [0.25, 0.3) is 0 Å². The Balaban J connectivity index is 1.90. The molecular weight excluding hydrogens is 419 g/mol. The van der Waals surface area contributed by atoms with Crippen LogP contribution in [0.1, 0.15) is 22.3 Å². The number of benzene rings is 3. The summed E-state index contributed by atoms with van der Waals surface area (Å²) < 4.78 is 20.3. The van der Waals surface area contributed by atoms with Gasteiger partial charge in [0.05, 0.1) is 0 Å². The van der Waals surface area contributed by atoms with Crippen molar-refractivity contribution in [1.29, 1.82) is 0 Å². The Bertz CT molecular complexity index is 1100. The van der Waals surface area contributed by atoms with Crippen LogP contribution in [0.3, 0.4) is 0 Å². The number of nitrogens with zero attached hydrogens (tertiary/aromatic N) is 1. The quantitative estimate of drug-likeness (QED) is 0.534. The molecule has 172 valence electrons. The van der Waals surface area contributed by atoms with Crippen LogP contribution in [0.5, 0.6) is 5.75 Å². The third-order valence-electron chi connectivity index (χ3n) is 5.51. The molecule has 0 radical (unpaired) electrons. The van der Waals surface area contributed by atoms with Gasteiger partial charge in [-0.25, -0.2) is 4.39 Å². The lowest BCUT2D eigenvalue weighted by Gasteiger charge is -2.31. The number of carbonyl (C=O) groups excluding carboxylic acids is 2. The van der Waals surface area contributed by atoms with E-state index < -0.39 is 17.8 Å². The van der Waals surface area contributed by atoms with Gasteiger partial charge < -0.3 is 15.0 Å². The number of rotatable bonds is 9. The number of hydrogen-bond acceptors (Lipinski definition) is 3. The number of ether oxygens (including phenoxy) is 1. The number of carbonyl (C=O) groups is 2. The minimum Gasteiger partial charge on any atom is -0.483 e. The lowest BCUT2D eigenvalue weighted by atomic mass is 10.0. The minimum atomic E-state index is -0.827. The van der Waals surface area contributed by atoms with Gasteiger partial charge >= 0.3 is 0 Å². The van der Waals surface area contributed by atoms with E-state index in [0.717, 1.165) is 16.7 Å². The Morgan fingerprint density at radius 2 is 1.70 bits per heavy atom. The molecule has 0 aliphatic rings. The van der Waals surface area contributed by atoms with Crippen LogP contribution < -0.4 is 10.1 Å². The maximum absolute atomic E-state index is 14.5. The van der Waals surface area contributed by atoms with Crippen molar-refractivity contribution in [2.24, 2.45) is 0 Å². The molecule has 1 N–H and O–H groups in total. The average molecular weight is 449 g/mol. The zero-order chi connectivity index (χ0) is 23.8. The van der Waals surface area contributed by atoms with Gasteiger partial charge in [-0.15, -0.1) is 0 Å². The number of nitrogens with one attached hydrogen (secondary N) is 1. The SMILES string of the molecule is CNC(=O)C(Cc1ccccc1)N(Cc1ccccc1F)C(=O)COc1cc(C)ccc1C. The first-order valence-corrected chi connectivity index (χ1v) is 10.9. The van der Waals surface area contributed by atoms with Crippen LogP contribution in [-0.2, 0) is 22.6 Å². The molecule has 0 saturated carbocycles. The molecule has 3 aromatic carbocycles. The van der Waals surface area contributed by atoms with Crippen molar-refractivity contribution in [2.75, 3.05) is 13.7 Å². The Hall–Kier alpha value is -3.67. The lowest BCUT2D eigenvalue weighted by molar-refractivity contribution is -0.142. The van der Waals surface area contributed by atoms with E-state index in [-0.39, 0.29) is 19.1 Å². The second kappa shape index (κ2) is 11.3. The third kappa shape index (κ3) is 6.42. The molecule has 33 heavy (non-hydrogen) atoms. The van der Waals surface area contributed by atoms with E-state index in [9.17, 15) is 14.0 Å². The molecule has 0 heterocycles. The smallest absolute Gasteiger partial charge is 0.261 e. The fraction of sp³-hybridized carbons (Fsp3) is 0.259. The molecule has 6 heteroatoms. The van der Waals surface area contributed by atoms with E-state index in [1.165, 1.54) is 18.0 Å². The van der Waals surface area contributed by atoms with E-state index in [4.69, 9.17) is 4.74 Å². The molecule has 5 nitrogen and oxygen atoms in total. The number of likely N-dealkylation sites (N-methyl/N-ethyl adjacent to an activating group) is 1. The second-order valence-corrected chi connectivity index (χ2v) is 7.99. The predicted molar refractivity (Wildman–Crippen MR) is 126 cm³/mol. The summed E-state index contributed by atoms with van der Waals surface area (Å²) in [5.41, 5.74) is 3.15. The summed E-state index contributed by atoms with van der Waals surface area (Å²) in [4.78, 5) is 27.6. The van der Waals surface area contributed by atoms with Gasteiger partial charge in [-0.2, -0.15) is 0 Å². The fourth-order valence-corrected chi connectivity index (χ4v) is 3.62. The van der Waals surface area contributed by atoms with Crippen molar-refractivity contribution < 1.29 is 18.7 Å². The van der Waals surface area contributed by atoms with E-state index in [0.29, 0.717) is 17.7 Å². The lowest BCUT2D eigenvalue weighted by Crippen LogP contribution is -2.51. The Morgan fingerprint density at radius 3 is 2.39 bits per heavy atom. The summed E-state index contributed by atoms with van der Waals surface area (Å²) in [5.74, 6) is -0.547. The molecular formula is C27H29FN2O3. The van der Waals surface area contributed by atoms with Gasteiger partial charge in [-0.1, -0.05) is 60.7 Å². The summed E-state index contributed by atoms with van der Waals surface area (Å²) in [6, 6.07) is 20.6. The molecule has 0 saturated heterocycles. The highest BCUT2D eigenvalue weighted by atomic mass is 19.1. The molecule has 0 fully saturated rings. The summed E-state index contributed by atoms with van der Waals surface area (Å²) in [6.45, 7) is 3.53. The van der Waals surface area contributed by atoms with Gasteiger partial charge in [0.25, 0.3) is 5.91 Å². The van der Waals surface area contributed by atoms with E-state index in [1.54, 1.807) is 18.2 Å². The van der Waals surface area contributed by atoms with Crippen molar-refractivity contribution >= 4 is 11.8 Å². The Morgan fingerprint density at radius 1 is 1.00 bits per heavy atom. The molecule has 0 aliphatic carbocycles. The molecule has 3 rings (SSSR count). The van der Waals surface area contributed by atoms with Crippen molar-refractivity contribution in [1.82, 2.24) is 10.2 Å². The highest BCUT2D eigenvalue weighted by Crippen LogP contribution is 2.21. The largest absolute Gasteiger partial charge is 0.483 e. The molecule has 0 spiro atoms. The molecule has 3 aromatic rings. The van der Waals surface area contributed by atoms with Crippen LogP contribution in [0.2, 0.25) is 0 Å². The first kappa shape index (κ1) is 24.0. The molecule has 1 unspecified atom stereocenters. The second-order valence-electron chi connectivity index (χ2n) is 7.99. The van der Waals surface area contributed by atoms with Crippen molar-refractivity contribution in [3.05, 3.63) is 101 Å². The van der Waals surface area contributed by atoms with Crippen LogP contribution in [0, 0.1) is 19.7 Å². The van der Waals surface area contributed by atoms with Gasteiger partial charge in [-0.05, 0) is 42.7 Å². The van der Waals surface area contributed by atoms with E-state index in [1.807, 2.05) is 62.4 Å². The number of halogens is 1.